The van der Waals surface area contributed by atoms with E-state index in [-0.39, 0.29) is 28.9 Å². The second kappa shape index (κ2) is 8.07. The number of nitro groups is 1. The summed E-state index contributed by atoms with van der Waals surface area (Å²) in [5.41, 5.74) is -0.853. The Kier molecular flexibility index (Phi) is 5.42. The second-order valence-electron chi connectivity index (χ2n) is 6.60. The molecule has 0 saturated carbocycles. The molecule has 1 saturated heterocycles. The van der Waals surface area contributed by atoms with E-state index in [1.54, 1.807) is 0 Å². The van der Waals surface area contributed by atoms with Crippen molar-refractivity contribution in [2.45, 2.75) is 23.1 Å². The molecule has 0 spiro atoms. The van der Waals surface area contributed by atoms with Crippen molar-refractivity contribution in [3.8, 4) is 11.5 Å². The molecule has 1 aromatic heterocycles. The van der Waals surface area contributed by atoms with E-state index in [2.05, 4.69) is 10.2 Å². The van der Waals surface area contributed by atoms with Crippen LogP contribution >= 0.6 is 11.8 Å². The van der Waals surface area contributed by atoms with Crippen molar-refractivity contribution in [2.75, 3.05) is 4.90 Å². The number of imide groups is 1. The molecule has 1 atom stereocenters. The summed E-state index contributed by atoms with van der Waals surface area (Å²) in [7, 11) is 0. The molecule has 1 aliphatic rings. The first-order valence-electron chi connectivity index (χ1n) is 8.92. The first kappa shape index (κ1) is 21.5. The van der Waals surface area contributed by atoms with E-state index in [1.165, 1.54) is 30.3 Å². The lowest BCUT2D eigenvalue weighted by Gasteiger charge is -2.16. The second-order valence-corrected chi connectivity index (χ2v) is 7.76. The van der Waals surface area contributed by atoms with Gasteiger partial charge in [0.2, 0.25) is 17.7 Å². The predicted octanol–water partition coefficient (Wildman–Crippen LogP) is 4.09. The van der Waals surface area contributed by atoms with Crippen LogP contribution in [0, 0.1) is 10.1 Å². The molecule has 0 bridgehead atoms. The monoisotopic (exact) mass is 464 g/mol. The third-order valence-electron chi connectivity index (χ3n) is 4.51. The van der Waals surface area contributed by atoms with Gasteiger partial charge >= 0.3 is 6.18 Å². The number of benzene rings is 2. The first-order chi connectivity index (χ1) is 15.1. The Morgan fingerprint density at radius 1 is 1.12 bits per heavy atom. The number of thioether (sulfide) groups is 1. The molecule has 4 rings (SSSR count). The van der Waals surface area contributed by atoms with Crippen molar-refractivity contribution in [1.29, 1.82) is 0 Å². The highest BCUT2D eigenvalue weighted by Crippen LogP contribution is 2.37. The lowest BCUT2D eigenvalue weighted by Crippen LogP contribution is -2.31. The molecule has 2 amide bonds. The van der Waals surface area contributed by atoms with E-state index >= 15 is 0 Å². The van der Waals surface area contributed by atoms with Gasteiger partial charge in [-0.15, -0.1) is 10.2 Å². The van der Waals surface area contributed by atoms with Gasteiger partial charge in [-0.05, 0) is 30.3 Å². The van der Waals surface area contributed by atoms with Crippen molar-refractivity contribution in [1.82, 2.24) is 10.2 Å². The molecular formula is C19H11F3N4O5S. The van der Waals surface area contributed by atoms with E-state index in [9.17, 15) is 32.9 Å². The van der Waals surface area contributed by atoms with Crippen molar-refractivity contribution >= 4 is 35.0 Å². The summed E-state index contributed by atoms with van der Waals surface area (Å²) in [6.07, 6.45) is -4.87. The minimum absolute atomic E-state index is 0.0320. The average molecular weight is 464 g/mol. The SMILES string of the molecule is O=C1CC(Sc2nnc(-c3ccc([N+](=O)[O-])cc3)o2)C(=O)N1c1cccc(C(F)(F)F)c1. The maximum atomic E-state index is 13.0. The van der Waals surface area contributed by atoms with Crippen LogP contribution in [0.25, 0.3) is 11.5 Å². The number of aromatic nitrogens is 2. The maximum Gasteiger partial charge on any atom is 0.416 e. The van der Waals surface area contributed by atoms with Gasteiger partial charge in [0.15, 0.2) is 0 Å². The summed E-state index contributed by atoms with van der Waals surface area (Å²) in [6, 6.07) is 9.31. The van der Waals surface area contributed by atoms with Crippen LogP contribution in [0.1, 0.15) is 12.0 Å². The Balaban J connectivity index is 1.50. The zero-order valence-corrected chi connectivity index (χ0v) is 16.6. The number of anilines is 1. The average Bonchev–Trinajstić information content (AvgIpc) is 3.32. The molecule has 13 heteroatoms. The fourth-order valence-electron chi connectivity index (χ4n) is 3.01. The molecule has 3 aromatic rings. The summed E-state index contributed by atoms with van der Waals surface area (Å²) in [4.78, 5) is 35.9. The van der Waals surface area contributed by atoms with E-state index < -0.39 is 33.7 Å². The number of hydrogen-bond acceptors (Lipinski definition) is 8. The molecule has 32 heavy (non-hydrogen) atoms. The number of nitro benzene ring substituents is 1. The fraction of sp³-hybridized carbons (Fsp3) is 0.158. The standard InChI is InChI=1S/C19H11F3N4O5S/c20-19(21,22)11-2-1-3-13(8-11)25-15(27)9-14(17(25)28)32-18-24-23-16(31-18)10-4-6-12(7-5-10)26(29)30/h1-8,14H,9H2. The first-order valence-corrected chi connectivity index (χ1v) is 9.80. The molecular weight excluding hydrogens is 453 g/mol. The molecule has 0 aliphatic carbocycles. The molecule has 2 heterocycles. The third kappa shape index (κ3) is 4.19. The number of halogens is 3. The minimum atomic E-state index is -4.62. The van der Waals surface area contributed by atoms with Gasteiger partial charge in [0.25, 0.3) is 10.9 Å². The largest absolute Gasteiger partial charge is 0.416 e. The van der Waals surface area contributed by atoms with E-state index in [4.69, 9.17) is 4.42 Å². The van der Waals surface area contributed by atoms with Crippen LogP contribution in [-0.4, -0.2) is 32.2 Å². The zero-order chi connectivity index (χ0) is 23.0. The van der Waals surface area contributed by atoms with Crippen molar-refractivity contribution in [3.63, 3.8) is 0 Å². The topological polar surface area (TPSA) is 119 Å². The summed E-state index contributed by atoms with van der Waals surface area (Å²) in [6.45, 7) is 0. The Morgan fingerprint density at radius 2 is 1.84 bits per heavy atom. The molecule has 1 unspecified atom stereocenters. The summed E-state index contributed by atoms with van der Waals surface area (Å²) < 4.78 is 44.4. The maximum absolute atomic E-state index is 13.0. The summed E-state index contributed by atoms with van der Waals surface area (Å²) in [5, 5.41) is 17.4. The van der Waals surface area contributed by atoms with E-state index in [0.29, 0.717) is 10.5 Å². The van der Waals surface area contributed by atoms with E-state index in [1.807, 2.05) is 0 Å². The van der Waals surface area contributed by atoms with Crippen molar-refractivity contribution < 1.29 is 32.1 Å². The minimum Gasteiger partial charge on any atom is -0.411 e. The van der Waals surface area contributed by atoms with Crippen LogP contribution in [0.5, 0.6) is 0 Å². The summed E-state index contributed by atoms with van der Waals surface area (Å²) in [5.74, 6) is -1.30. The van der Waals surface area contributed by atoms with Crippen LogP contribution in [0.2, 0.25) is 0 Å². The number of non-ortho nitro benzene ring substituents is 1. The van der Waals surface area contributed by atoms with Gasteiger partial charge in [0.05, 0.1) is 16.2 Å². The van der Waals surface area contributed by atoms with Crippen LogP contribution in [-0.2, 0) is 15.8 Å². The van der Waals surface area contributed by atoms with Crippen molar-refractivity contribution in [3.05, 3.63) is 64.2 Å². The van der Waals surface area contributed by atoms with Gasteiger partial charge < -0.3 is 4.42 Å². The van der Waals surface area contributed by atoms with Crippen molar-refractivity contribution in [2.24, 2.45) is 0 Å². The Hall–Kier alpha value is -3.74. The Morgan fingerprint density at radius 3 is 2.50 bits per heavy atom. The van der Waals surface area contributed by atoms with Crippen LogP contribution in [0.3, 0.4) is 0 Å². The lowest BCUT2D eigenvalue weighted by atomic mass is 10.2. The number of amides is 2. The van der Waals surface area contributed by atoms with Crippen LogP contribution in [0.4, 0.5) is 24.5 Å². The molecule has 0 N–H and O–H groups in total. The smallest absolute Gasteiger partial charge is 0.411 e. The molecule has 1 fully saturated rings. The molecule has 0 radical (unpaired) electrons. The Bertz CT molecular complexity index is 1210. The van der Waals surface area contributed by atoms with Gasteiger partial charge in [0.1, 0.15) is 5.25 Å². The molecule has 2 aromatic carbocycles. The van der Waals surface area contributed by atoms with Gasteiger partial charge in [-0.25, -0.2) is 4.90 Å². The van der Waals surface area contributed by atoms with E-state index in [0.717, 1.165) is 30.0 Å². The number of carbonyl (C=O) groups excluding carboxylic acids is 2. The highest BCUT2D eigenvalue weighted by atomic mass is 32.2. The third-order valence-corrected chi connectivity index (χ3v) is 5.53. The van der Waals surface area contributed by atoms with Crippen LogP contribution in [0.15, 0.2) is 58.2 Å². The van der Waals surface area contributed by atoms with Gasteiger partial charge in [-0.2, -0.15) is 13.2 Å². The van der Waals surface area contributed by atoms with Gasteiger partial charge in [0, 0.05) is 24.1 Å². The normalized spacial score (nSPS) is 16.6. The predicted molar refractivity (Wildman–Crippen MR) is 105 cm³/mol. The molecule has 164 valence electrons. The van der Waals surface area contributed by atoms with Crippen LogP contribution < -0.4 is 4.90 Å². The number of hydrogen-bond donors (Lipinski definition) is 0. The van der Waals surface area contributed by atoms with Gasteiger partial charge in [-0.1, -0.05) is 17.8 Å². The highest BCUT2D eigenvalue weighted by Gasteiger charge is 2.42. The molecule has 9 nitrogen and oxygen atoms in total. The quantitative estimate of drug-likeness (QED) is 0.315. The Labute approximate surface area is 181 Å². The highest BCUT2D eigenvalue weighted by molar-refractivity contribution is 8.00. The lowest BCUT2D eigenvalue weighted by molar-refractivity contribution is -0.384. The van der Waals surface area contributed by atoms with Gasteiger partial charge in [-0.3, -0.25) is 19.7 Å². The summed E-state index contributed by atoms with van der Waals surface area (Å²) >= 11 is 0.812. The fourth-order valence-corrected chi connectivity index (χ4v) is 3.90. The number of rotatable bonds is 5. The molecule has 1 aliphatic heterocycles. The number of nitrogens with zero attached hydrogens (tertiary/aromatic N) is 4. The zero-order valence-electron chi connectivity index (χ0n) is 15.8. The number of carbonyl (C=O) groups is 2. The number of alkyl halides is 3.